The van der Waals surface area contributed by atoms with E-state index in [0.29, 0.717) is 5.13 Å². The van der Waals surface area contributed by atoms with Crippen LogP contribution >= 0.6 is 22.7 Å². The summed E-state index contributed by atoms with van der Waals surface area (Å²) in [6.45, 7) is 3.57. The first-order valence-corrected chi connectivity index (χ1v) is 9.20. The first-order valence-electron chi connectivity index (χ1n) is 7.51. The molecule has 2 aromatic heterocycles. The lowest BCUT2D eigenvalue weighted by Crippen LogP contribution is -2.29. The van der Waals surface area contributed by atoms with Gasteiger partial charge in [-0.15, -0.1) is 21.5 Å². The second-order valence-electron chi connectivity index (χ2n) is 5.13. The van der Waals surface area contributed by atoms with Gasteiger partial charge in [-0.2, -0.15) is 0 Å². The Hall–Kier alpha value is -1.80. The van der Waals surface area contributed by atoms with Gasteiger partial charge in [-0.25, -0.2) is 0 Å². The van der Waals surface area contributed by atoms with Crippen molar-refractivity contribution in [1.29, 1.82) is 0 Å². The molecule has 0 radical (unpaired) electrons. The minimum Gasteiger partial charge on any atom is -0.348 e. The van der Waals surface area contributed by atoms with Gasteiger partial charge in [0.15, 0.2) is 0 Å². The van der Waals surface area contributed by atoms with Crippen LogP contribution in [0.3, 0.4) is 0 Å². The first-order chi connectivity index (χ1) is 11.1. The molecule has 2 rings (SSSR count). The summed E-state index contributed by atoms with van der Waals surface area (Å²) in [6, 6.07) is 3.49. The largest absolute Gasteiger partial charge is 0.348 e. The molecule has 0 saturated carbocycles. The van der Waals surface area contributed by atoms with Crippen LogP contribution < -0.4 is 10.6 Å². The van der Waals surface area contributed by atoms with Crippen LogP contribution in [0, 0.1) is 0 Å². The van der Waals surface area contributed by atoms with Gasteiger partial charge in [-0.3, -0.25) is 9.59 Å². The lowest BCUT2D eigenvalue weighted by molar-refractivity contribution is -0.120. The highest BCUT2D eigenvalue weighted by atomic mass is 32.1. The molecular weight excluding hydrogens is 332 g/mol. The van der Waals surface area contributed by atoms with Crippen LogP contribution in [-0.4, -0.2) is 22.0 Å². The molecule has 23 heavy (non-hydrogen) atoms. The molecule has 0 aliphatic rings. The van der Waals surface area contributed by atoms with Crippen molar-refractivity contribution in [2.45, 2.75) is 45.6 Å². The number of hydrogen-bond acceptors (Lipinski definition) is 6. The fourth-order valence-electron chi connectivity index (χ4n) is 2.05. The molecule has 2 aromatic rings. The molecule has 1 atom stereocenters. The molecule has 0 bridgehead atoms. The Kier molecular flexibility index (Phi) is 6.66. The van der Waals surface area contributed by atoms with Crippen molar-refractivity contribution in [3.8, 4) is 0 Å². The summed E-state index contributed by atoms with van der Waals surface area (Å²) >= 11 is 2.92. The quantitative estimate of drug-likeness (QED) is 0.764. The van der Waals surface area contributed by atoms with Gasteiger partial charge in [0.2, 0.25) is 16.9 Å². The summed E-state index contributed by atoms with van der Waals surface area (Å²) in [5.41, 5.74) is 0. The highest BCUT2D eigenvalue weighted by Crippen LogP contribution is 2.23. The zero-order valence-corrected chi connectivity index (χ0v) is 14.8. The van der Waals surface area contributed by atoms with E-state index in [1.807, 2.05) is 17.5 Å². The van der Waals surface area contributed by atoms with Gasteiger partial charge in [-0.05, 0) is 17.9 Å². The molecule has 0 saturated heterocycles. The monoisotopic (exact) mass is 352 g/mol. The standard InChI is InChI=1S/C15H20N4O2S2/c1-3-4-7-14-18-19-15(23-14)17-13(21)9-11(16-10(2)20)12-6-5-8-22-12/h5-6,8,11H,3-4,7,9H2,1-2H3,(H,16,20)(H,17,19,21)/t11-/m0/s1. The third kappa shape index (κ3) is 5.72. The number of hydrogen-bond donors (Lipinski definition) is 2. The van der Waals surface area contributed by atoms with Crippen molar-refractivity contribution < 1.29 is 9.59 Å². The van der Waals surface area contributed by atoms with E-state index in [1.54, 1.807) is 0 Å². The Balaban J connectivity index is 1.93. The van der Waals surface area contributed by atoms with E-state index < -0.39 is 0 Å². The molecule has 2 amide bonds. The number of aromatic nitrogens is 2. The van der Waals surface area contributed by atoms with Crippen LogP contribution in [0.15, 0.2) is 17.5 Å². The molecule has 0 aliphatic heterocycles. The van der Waals surface area contributed by atoms with Crippen molar-refractivity contribution in [2.75, 3.05) is 5.32 Å². The Labute approximate surface area is 143 Å². The minimum atomic E-state index is -0.319. The lowest BCUT2D eigenvalue weighted by Gasteiger charge is -2.15. The molecule has 2 heterocycles. The zero-order valence-electron chi connectivity index (χ0n) is 13.2. The summed E-state index contributed by atoms with van der Waals surface area (Å²) in [7, 11) is 0. The van der Waals surface area contributed by atoms with Crippen molar-refractivity contribution >= 4 is 39.6 Å². The summed E-state index contributed by atoms with van der Waals surface area (Å²) in [5, 5.41) is 17.0. The number of carbonyl (C=O) groups is 2. The number of amides is 2. The smallest absolute Gasteiger partial charge is 0.228 e. The summed E-state index contributed by atoms with van der Waals surface area (Å²) in [6.07, 6.45) is 3.21. The molecule has 124 valence electrons. The number of unbranched alkanes of at least 4 members (excludes halogenated alkanes) is 1. The van der Waals surface area contributed by atoms with E-state index >= 15 is 0 Å². The van der Waals surface area contributed by atoms with Crippen molar-refractivity contribution in [3.63, 3.8) is 0 Å². The topological polar surface area (TPSA) is 84.0 Å². The van der Waals surface area contributed by atoms with Crippen molar-refractivity contribution in [2.24, 2.45) is 0 Å². The zero-order chi connectivity index (χ0) is 16.7. The van der Waals surface area contributed by atoms with Gasteiger partial charge in [0, 0.05) is 18.2 Å². The van der Waals surface area contributed by atoms with Gasteiger partial charge in [0.25, 0.3) is 0 Å². The van der Waals surface area contributed by atoms with E-state index in [-0.39, 0.29) is 24.3 Å². The van der Waals surface area contributed by atoms with Gasteiger partial charge in [0.05, 0.1) is 12.5 Å². The number of aryl methyl sites for hydroxylation is 1. The molecule has 0 unspecified atom stereocenters. The summed E-state index contributed by atoms with van der Waals surface area (Å²) in [5.74, 6) is -0.343. The molecule has 6 nitrogen and oxygen atoms in total. The molecule has 2 N–H and O–H groups in total. The average molecular weight is 352 g/mol. The second kappa shape index (κ2) is 8.73. The maximum absolute atomic E-state index is 12.2. The van der Waals surface area contributed by atoms with Crippen LogP contribution in [0.1, 0.15) is 49.0 Å². The second-order valence-corrected chi connectivity index (χ2v) is 7.17. The van der Waals surface area contributed by atoms with Crippen LogP contribution in [0.2, 0.25) is 0 Å². The van der Waals surface area contributed by atoms with Crippen LogP contribution in [-0.2, 0) is 16.0 Å². The molecule has 8 heteroatoms. The fourth-order valence-corrected chi connectivity index (χ4v) is 3.62. The number of carbonyl (C=O) groups excluding carboxylic acids is 2. The normalized spacial score (nSPS) is 11.9. The van der Waals surface area contributed by atoms with E-state index in [9.17, 15) is 9.59 Å². The predicted octanol–water partition coefficient (Wildman–Crippen LogP) is 3.15. The van der Waals surface area contributed by atoms with Crippen molar-refractivity contribution in [3.05, 3.63) is 27.4 Å². The third-order valence-corrected chi connectivity index (χ3v) is 5.00. The SMILES string of the molecule is CCCCc1nnc(NC(=O)C[C@H](NC(C)=O)c2cccs2)s1. The highest BCUT2D eigenvalue weighted by molar-refractivity contribution is 7.15. The molecule has 0 aliphatic carbocycles. The molecule has 0 fully saturated rings. The maximum atomic E-state index is 12.2. The van der Waals surface area contributed by atoms with Crippen LogP contribution in [0.5, 0.6) is 0 Å². The van der Waals surface area contributed by atoms with E-state index in [4.69, 9.17) is 0 Å². The number of nitrogens with zero attached hydrogens (tertiary/aromatic N) is 2. The Morgan fingerprint density at radius 2 is 2.17 bits per heavy atom. The molecule has 0 aromatic carbocycles. The Morgan fingerprint density at radius 3 is 2.83 bits per heavy atom. The highest BCUT2D eigenvalue weighted by Gasteiger charge is 2.19. The fraction of sp³-hybridized carbons (Fsp3) is 0.467. The van der Waals surface area contributed by atoms with Gasteiger partial charge >= 0.3 is 0 Å². The number of nitrogens with one attached hydrogen (secondary N) is 2. The van der Waals surface area contributed by atoms with Gasteiger partial charge < -0.3 is 10.6 Å². The van der Waals surface area contributed by atoms with E-state index in [1.165, 1.54) is 29.6 Å². The lowest BCUT2D eigenvalue weighted by atomic mass is 10.1. The Bertz CT molecular complexity index is 640. The van der Waals surface area contributed by atoms with E-state index in [0.717, 1.165) is 29.1 Å². The molecular formula is C15H20N4O2S2. The first kappa shape index (κ1) is 17.6. The van der Waals surface area contributed by atoms with E-state index in [2.05, 4.69) is 27.8 Å². The van der Waals surface area contributed by atoms with Crippen molar-refractivity contribution in [1.82, 2.24) is 15.5 Å². The molecule has 0 spiro atoms. The van der Waals surface area contributed by atoms with Gasteiger partial charge in [-0.1, -0.05) is 30.7 Å². The maximum Gasteiger partial charge on any atom is 0.228 e. The third-order valence-electron chi connectivity index (χ3n) is 3.11. The summed E-state index contributed by atoms with van der Waals surface area (Å²) in [4.78, 5) is 24.5. The Morgan fingerprint density at radius 1 is 1.35 bits per heavy atom. The predicted molar refractivity (Wildman–Crippen MR) is 92.6 cm³/mol. The van der Waals surface area contributed by atoms with Gasteiger partial charge in [0.1, 0.15) is 5.01 Å². The van der Waals surface area contributed by atoms with Crippen LogP contribution in [0.4, 0.5) is 5.13 Å². The average Bonchev–Trinajstić information content (AvgIpc) is 3.15. The summed E-state index contributed by atoms with van der Waals surface area (Å²) < 4.78 is 0. The number of rotatable bonds is 8. The number of thiophene rings is 1. The number of anilines is 1. The minimum absolute atomic E-state index is 0.158. The van der Waals surface area contributed by atoms with Crippen LogP contribution in [0.25, 0.3) is 0 Å².